The van der Waals surface area contributed by atoms with Crippen molar-refractivity contribution in [2.45, 2.75) is 32.4 Å². The van der Waals surface area contributed by atoms with Crippen LogP contribution in [0.2, 0.25) is 0 Å². The van der Waals surface area contributed by atoms with Gasteiger partial charge >= 0.3 is 0 Å². The SMILES string of the molecule is CCOc1cccc(C=NC2CC[NH+](Cc3ccccc3)CC2)c1O. The quantitative estimate of drug-likeness (QED) is 0.794. The number of quaternary nitrogens is 1. The van der Waals surface area contributed by atoms with E-state index in [2.05, 4.69) is 30.3 Å². The van der Waals surface area contributed by atoms with E-state index in [0.29, 0.717) is 18.4 Å². The molecule has 25 heavy (non-hydrogen) atoms. The number of rotatable bonds is 6. The maximum Gasteiger partial charge on any atom is 0.166 e. The summed E-state index contributed by atoms with van der Waals surface area (Å²) in [6.07, 6.45) is 3.97. The summed E-state index contributed by atoms with van der Waals surface area (Å²) >= 11 is 0. The molecular formula is C21H27N2O2+. The molecule has 0 amide bonds. The Morgan fingerprint density at radius 2 is 1.88 bits per heavy atom. The Labute approximate surface area is 149 Å². The Hall–Kier alpha value is -2.33. The van der Waals surface area contributed by atoms with Gasteiger partial charge in [-0.25, -0.2) is 0 Å². The number of benzene rings is 2. The summed E-state index contributed by atoms with van der Waals surface area (Å²) < 4.78 is 5.42. The first-order valence-corrected chi connectivity index (χ1v) is 9.11. The van der Waals surface area contributed by atoms with Crippen LogP contribution in [0, 0.1) is 0 Å². The van der Waals surface area contributed by atoms with Gasteiger partial charge in [-0.15, -0.1) is 0 Å². The van der Waals surface area contributed by atoms with Gasteiger partial charge in [0.25, 0.3) is 0 Å². The highest BCUT2D eigenvalue weighted by Gasteiger charge is 2.21. The van der Waals surface area contributed by atoms with Gasteiger partial charge in [0.2, 0.25) is 0 Å². The molecule has 2 N–H and O–H groups in total. The second-order valence-electron chi connectivity index (χ2n) is 6.55. The van der Waals surface area contributed by atoms with Crippen LogP contribution in [0.25, 0.3) is 0 Å². The van der Waals surface area contributed by atoms with Crippen molar-refractivity contribution in [2.24, 2.45) is 4.99 Å². The smallest absolute Gasteiger partial charge is 0.166 e. The lowest BCUT2D eigenvalue weighted by Crippen LogP contribution is -3.12. The van der Waals surface area contributed by atoms with Crippen molar-refractivity contribution in [3.8, 4) is 11.5 Å². The summed E-state index contributed by atoms with van der Waals surface area (Å²) in [6, 6.07) is 16.6. The number of aliphatic imine (C=N–C) groups is 1. The molecule has 4 nitrogen and oxygen atoms in total. The molecule has 2 aromatic rings. The fourth-order valence-corrected chi connectivity index (χ4v) is 3.32. The number of piperidine rings is 1. The zero-order valence-corrected chi connectivity index (χ0v) is 14.8. The maximum atomic E-state index is 10.2. The molecule has 1 fully saturated rings. The Bertz CT molecular complexity index is 692. The molecule has 0 radical (unpaired) electrons. The van der Waals surface area contributed by atoms with E-state index in [-0.39, 0.29) is 5.75 Å². The first-order valence-electron chi connectivity index (χ1n) is 9.11. The highest BCUT2D eigenvalue weighted by molar-refractivity contribution is 5.84. The van der Waals surface area contributed by atoms with Gasteiger partial charge in [-0.05, 0) is 19.1 Å². The molecule has 4 heteroatoms. The molecule has 1 heterocycles. The van der Waals surface area contributed by atoms with Crippen molar-refractivity contribution in [3.63, 3.8) is 0 Å². The van der Waals surface area contributed by atoms with E-state index < -0.39 is 0 Å². The van der Waals surface area contributed by atoms with Crippen molar-refractivity contribution in [1.82, 2.24) is 0 Å². The molecule has 1 saturated heterocycles. The normalized spacial score (nSPS) is 20.7. The minimum absolute atomic E-state index is 0.181. The zero-order chi connectivity index (χ0) is 17.5. The minimum atomic E-state index is 0.181. The van der Waals surface area contributed by atoms with E-state index in [1.165, 1.54) is 5.56 Å². The second kappa shape index (κ2) is 8.67. The Morgan fingerprint density at radius 3 is 2.60 bits per heavy atom. The average Bonchev–Trinajstić information content (AvgIpc) is 2.65. The van der Waals surface area contributed by atoms with Gasteiger partial charge in [-0.2, -0.15) is 0 Å². The Morgan fingerprint density at radius 1 is 1.12 bits per heavy atom. The zero-order valence-electron chi connectivity index (χ0n) is 14.8. The second-order valence-corrected chi connectivity index (χ2v) is 6.55. The standard InChI is InChI=1S/C21H26N2O2/c1-2-25-20-10-6-9-18(21(20)24)15-22-19-11-13-23(14-12-19)16-17-7-4-3-5-8-17/h3-10,15,19,24H,2,11-14,16H2,1H3/p+1. The van der Waals surface area contributed by atoms with Crippen LogP contribution < -0.4 is 9.64 Å². The van der Waals surface area contributed by atoms with E-state index in [0.717, 1.165) is 38.0 Å². The fraction of sp³-hybridized carbons (Fsp3) is 0.381. The lowest BCUT2D eigenvalue weighted by atomic mass is 10.0. The van der Waals surface area contributed by atoms with Crippen LogP contribution in [0.5, 0.6) is 11.5 Å². The predicted molar refractivity (Wildman–Crippen MR) is 101 cm³/mol. The number of hydrogen-bond acceptors (Lipinski definition) is 3. The monoisotopic (exact) mass is 339 g/mol. The highest BCUT2D eigenvalue weighted by Crippen LogP contribution is 2.28. The van der Waals surface area contributed by atoms with Crippen LogP contribution in [0.15, 0.2) is 53.5 Å². The molecule has 0 aromatic heterocycles. The van der Waals surface area contributed by atoms with Crippen molar-refractivity contribution in [2.75, 3.05) is 19.7 Å². The third-order valence-corrected chi connectivity index (χ3v) is 4.71. The van der Waals surface area contributed by atoms with Gasteiger partial charge in [0, 0.05) is 30.2 Å². The Balaban J connectivity index is 1.54. The topological polar surface area (TPSA) is 46.3 Å². The molecule has 3 rings (SSSR count). The van der Waals surface area contributed by atoms with E-state index in [1.54, 1.807) is 17.2 Å². The van der Waals surface area contributed by atoms with Gasteiger partial charge in [-0.3, -0.25) is 4.99 Å². The molecule has 1 aliphatic rings. The van der Waals surface area contributed by atoms with Crippen molar-refractivity contribution < 1.29 is 14.7 Å². The van der Waals surface area contributed by atoms with Crippen LogP contribution in [-0.4, -0.2) is 37.1 Å². The Kier molecular flexibility index (Phi) is 6.07. The lowest BCUT2D eigenvalue weighted by Gasteiger charge is -2.27. The summed E-state index contributed by atoms with van der Waals surface area (Å²) in [5, 5.41) is 10.2. The molecular weight excluding hydrogens is 312 g/mol. The predicted octanol–water partition coefficient (Wildman–Crippen LogP) is 2.46. The number of nitrogens with zero attached hydrogens (tertiary/aromatic N) is 1. The summed E-state index contributed by atoms with van der Waals surface area (Å²) in [7, 11) is 0. The van der Waals surface area contributed by atoms with Crippen LogP contribution in [0.1, 0.15) is 30.9 Å². The molecule has 132 valence electrons. The van der Waals surface area contributed by atoms with E-state index in [1.807, 2.05) is 19.1 Å². The van der Waals surface area contributed by atoms with Gasteiger partial charge in [0.05, 0.1) is 25.7 Å². The van der Waals surface area contributed by atoms with Crippen molar-refractivity contribution in [1.29, 1.82) is 0 Å². The largest absolute Gasteiger partial charge is 0.504 e. The molecule has 0 aliphatic carbocycles. The number of nitrogens with one attached hydrogen (secondary N) is 1. The van der Waals surface area contributed by atoms with Gasteiger partial charge in [0.15, 0.2) is 11.5 Å². The molecule has 0 unspecified atom stereocenters. The highest BCUT2D eigenvalue weighted by atomic mass is 16.5. The number of ether oxygens (including phenoxy) is 1. The third kappa shape index (κ3) is 4.83. The van der Waals surface area contributed by atoms with Gasteiger partial charge < -0.3 is 14.7 Å². The summed E-state index contributed by atoms with van der Waals surface area (Å²) in [5.41, 5.74) is 2.13. The van der Waals surface area contributed by atoms with Crippen molar-refractivity contribution in [3.05, 3.63) is 59.7 Å². The summed E-state index contributed by atoms with van der Waals surface area (Å²) in [6.45, 7) is 5.82. The third-order valence-electron chi connectivity index (χ3n) is 4.71. The molecule has 1 aliphatic heterocycles. The first kappa shape index (κ1) is 17.5. The average molecular weight is 339 g/mol. The first-order chi connectivity index (χ1) is 12.3. The summed E-state index contributed by atoms with van der Waals surface area (Å²) in [5.74, 6) is 0.703. The number of phenols is 1. The number of phenolic OH excluding ortho intramolecular Hbond substituents is 1. The molecule has 2 aromatic carbocycles. The van der Waals surface area contributed by atoms with E-state index >= 15 is 0 Å². The van der Waals surface area contributed by atoms with Crippen LogP contribution >= 0.6 is 0 Å². The molecule has 0 bridgehead atoms. The number of aromatic hydroxyl groups is 1. The van der Waals surface area contributed by atoms with Crippen LogP contribution in [0.3, 0.4) is 0 Å². The van der Waals surface area contributed by atoms with Crippen LogP contribution in [0.4, 0.5) is 0 Å². The minimum Gasteiger partial charge on any atom is -0.504 e. The lowest BCUT2D eigenvalue weighted by molar-refractivity contribution is -0.918. The van der Waals surface area contributed by atoms with Gasteiger partial charge in [-0.1, -0.05) is 36.4 Å². The molecule has 0 saturated carbocycles. The summed E-state index contributed by atoms with van der Waals surface area (Å²) in [4.78, 5) is 6.33. The number of likely N-dealkylation sites (tertiary alicyclic amines) is 1. The number of hydrogen-bond donors (Lipinski definition) is 2. The van der Waals surface area contributed by atoms with E-state index in [4.69, 9.17) is 9.73 Å². The maximum absolute atomic E-state index is 10.2. The van der Waals surface area contributed by atoms with Gasteiger partial charge in [0.1, 0.15) is 6.54 Å². The molecule has 0 atom stereocenters. The van der Waals surface area contributed by atoms with E-state index in [9.17, 15) is 5.11 Å². The fourth-order valence-electron chi connectivity index (χ4n) is 3.32. The van der Waals surface area contributed by atoms with Crippen LogP contribution in [-0.2, 0) is 6.54 Å². The number of para-hydroxylation sites is 1. The van der Waals surface area contributed by atoms with Crippen molar-refractivity contribution >= 4 is 6.21 Å². The molecule has 0 spiro atoms.